The molecule has 3 aliphatic rings. The van der Waals surface area contributed by atoms with Crippen LogP contribution in [0.4, 0.5) is 0 Å². The molecule has 0 unspecified atom stereocenters. The molecule has 144 valence electrons. The first-order valence-corrected chi connectivity index (χ1v) is 9.32. The fourth-order valence-corrected chi connectivity index (χ4v) is 5.26. The van der Waals surface area contributed by atoms with E-state index in [9.17, 15) is 15.0 Å². The van der Waals surface area contributed by atoms with Gasteiger partial charge in [0.2, 0.25) is 0 Å². The molecule has 0 aromatic carbocycles. The highest BCUT2D eigenvalue weighted by Gasteiger charge is 2.65. The van der Waals surface area contributed by atoms with Gasteiger partial charge < -0.3 is 19.7 Å². The minimum atomic E-state index is -1.06. The number of fused-ring (bicyclic) bond motifs is 2. The van der Waals surface area contributed by atoms with Gasteiger partial charge in [0.25, 0.3) is 0 Å². The largest absolute Gasteiger partial charge is 0.490 e. The summed E-state index contributed by atoms with van der Waals surface area (Å²) in [5.74, 6) is -0.590. The molecule has 2 saturated carbocycles. The summed E-state index contributed by atoms with van der Waals surface area (Å²) >= 11 is 0. The highest BCUT2D eigenvalue weighted by Crippen LogP contribution is 2.60. The maximum atomic E-state index is 12.6. The molecular formula is C21H30O5. The first-order valence-electron chi connectivity index (χ1n) is 9.32. The number of ether oxygens (including phenoxy) is 2. The van der Waals surface area contributed by atoms with Crippen molar-refractivity contribution in [2.45, 2.75) is 70.9 Å². The first kappa shape index (κ1) is 19.2. The number of allylic oxidation sites excluding steroid dienone is 2. The highest BCUT2D eigenvalue weighted by molar-refractivity contribution is 5.87. The minimum absolute atomic E-state index is 0.258. The molecule has 5 nitrogen and oxygen atoms in total. The van der Waals surface area contributed by atoms with E-state index >= 15 is 0 Å². The second kappa shape index (κ2) is 6.24. The molecule has 2 N–H and O–H groups in total. The van der Waals surface area contributed by atoms with Crippen LogP contribution in [0.5, 0.6) is 0 Å². The molecule has 1 heterocycles. The zero-order valence-corrected chi connectivity index (χ0v) is 16.1. The van der Waals surface area contributed by atoms with Crippen LogP contribution in [-0.4, -0.2) is 40.1 Å². The van der Waals surface area contributed by atoms with Crippen molar-refractivity contribution in [2.24, 2.45) is 17.3 Å². The Labute approximate surface area is 155 Å². The van der Waals surface area contributed by atoms with Crippen molar-refractivity contribution in [1.29, 1.82) is 0 Å². The number of aliphatic hydroxyl groups is 2. The van der Waals surface area contributed by atoms with Crippen molar-refractivity contribution >= 4 is 5.97 Å². The molecule has 2 aliphatic carbocycles. The first-order chi connectivity index (χ1) is 12.0. The Morgan fingerprint density at radius 3 is 2.65 bits per heavy atom. The average Bonchev–Trinajstić information content (AvgIpc) is 2.84. The summed E-state index contributed by atoms with van der Waals surface area (Å²) in [6.07, 6.45) is 1.75. The summed E-state index contributed by atoms with van der Waals surface area (Å²) in [5.41, 5.74) is -0.461. The molecule has 7 atom stereocenters. The number of aliphatic hydroxyl groups excluding tert-OH is 1. The lowest BCUT2D eigenvalue weighted by atomic mass is 9.50. The Hall–Kier alpha value is -1.59. The van der Waals surface area contributed by atoms with Gasteiger partial charge in [-0.05, 0) is 45.6 Å². The van der Waals surface area contributed by atoms with Gasteiger partial charge in [-0.25, -0.2) is 4.79 Å². The van der Waals surface area contributed by atoms with Crippen molar-refractivity contribution in [3.63, 3.8) is 0 Å². The van der Waals surface area contributed by atoms with E-state index in [1.54, 1.807) is 26.8 Å². The highest BCUT2D eigenvalue weighted by atomic mass is 16.6. The van der Waals surface area contributed by atoms with Crippen LogP contribution in [-0.2, 0) is 14.3 Å². The predicted molar refractivity (Wildman–Crippen MR) is 98.0 cm³/mol. The maximum Gasteiger partial charge on any atom is 0.333 e. The molecule has 3 fully saturated rings. The van der Waals surface area contributed by atoms with E-state index in [1.165, 1.54) is 0 Å². The van der Waals surface area contributed by atoms with E-state index in [4.69, 9.17) is 9.47 Å². The second-order valence-electron chi connectivity index (χ2n) is 8.57. The molecule has 0 aromatic rings. The monoisotopic (exact) mass is 362 g/mol. The summed E-state index contributed by atoms with van der Waals surface area (Å²) in [7, 11) is 0. The number of hydrogen-bond donors (Lipinski definition) is 2. The normalized spacial score (nSPS) is 45.6. The molecule has 1 saturated heterocycles. The number of esters is 1. The molecule has 26 heavy (non-hydrogen) atoms. The van der Waals surface area contributed by atoms with Crippen molar-refractivity contribution < 1.29 is 24.5 Å². The zero-order chi connectivity index (χ0) is 19.4. The van der Waals surface area contributed by atoms with Crippen LogP contribution >= 0.6 is 0 Å². The van der Waals surface area contributed by atoms with Crippen LogP contribution in [0.25, 0.3) is 0 Å². The van der Waals surface area contributed by atoms with E-state index in [0.29, 0.717) is 36.2 Å². The molecule has 0 spiro atoms. The van der Waals surface area contributed by atoms with E-state index < -0.39 is 35.1 Å². The lowest BCUT2D eigenvalue weighted by Gasteiger charge is -2.59. The third-order valence-corrected chi connectivity index (χ3v) is 6.84. The van der Waals surface area contributed by atoms with Crippen molar-refractivity contribution in [3.05, 3.63) is 36.1 Å². The molecule has 0 radical (unpaired) electrons. The molecule has 1 aliphatic heterocycles. The smallest absolute Gasteiger partial charge is 0.333 e. The van der Waals surface area contributed by atoms with E-state index in [-0.39, 0.29) is 12.0 Å². The summed E-state index contributed by atoms with van der Waals surface area (Å²) in [6, 6.07) is 0. The Morgan fingerprint density at radius 2 is 2.04 bits per heavy atom. The summed E-state index contributed by atoms with van der Waals surface area (Å²) in [6.45, 7) is 15.2. The number of rotatable bonds is 2. The standard InChI is InChI=1S/C21H30O5/c1-7-11(2)19(23)26-17-16-12(3)13(4)25-14(16)10-20(5)15(22)8-9-21(6,24)18(17)20/h7,14-18,22,24H,3-4,8-10H2,1-2,5-6H3/t14-,15-,16+,17+,18-,20+,21-/m1/s1. The minimum Gasteiger partial charge on any atom is -0.490 e. The van der Waals surface area contributed by atoms with Gasteiger partial charge >= 0.3 is 5.97 Å². The molecule has 5 heteroatoms. The van der Waals surface area contributed by atoms with Gasteiger partial charge in [0.1, 0.15) is 18.0 Å². The third-order valence-electron chi connectivity index (χ3n) is 6.84. The Morgan fingerprint density at radius 1 is 1.38 bits per heavy atom. The van der Waals surface area contributed by atoms with Gasteiger partial charge in [0, 0.05) is 16.9 Å². The fraction of sp³-hybridized carbons (Fsp3) is 0.667. The van der Waals surface area contributed by atoms with Gasteiger partial charge in [-0.3, -0.25) is 0 Å². The van der Waals surface area contributed by atoms with Crippen molar-refractivity contribution in [3.8, 4) is 0 Å². The van der Waals surface area contributed by atoms with Crippen LogP contribution < -0.4 is 0 Å². The quantitative estimate of drug-likeness (QED) is 0.583. The van der Waals surface area contributed by atoms with Crippen LogP contribution in [0, 0.1) is 17.3 Å². The summed E-state index contributed by atoms with van der Waals surface area (Å²) in [4.78, 5) is 12.6. The number of carbonyl (C=O) groups excluding carboxylic acids is 1. The third kappa shape index (κ3) is 2.72. The maximum absolute atomic E-state index is 12.6. The lowest BCUT2D eigenvalue weighted by Crippen LogP contribution is -2.65. The fourth-order valence-electron chi connectivity index (χ4n) is 5.26. The molecule has 3 rings (SSSR count). The van der Waals surface area contributed by atoms with Crippen molar-refractivity contribution in [2.75, 3.05) is 0 Å². The van der Waals surface area contributed by atoms with Gasteiger partial charge in [0.05, 0.1) is 17.6 Å². The molecule has 0 bridgehead atoms. The predicted octanol–water partition coefficient (Wildman–Crippen LogP) is 2.88. The lowest BCUT2D eigenvalue weighted by molar-refractivity contribution is -0.234. The van der Waals surface area contributed by atoms with Crippen molar-refractivity contribution in [1.82, 2.24) is 0 Å². The van der Waals surface area contributed by atoms with Gasteiger partial charge in [-0.2, -0.15) is 0 Å². The van der Waals surface area contributed by atoms with E-state index in [1.807, 2.05) is 6.92 Å². The number of carbonyl (C=O) groups is 1. The van der Waals surface area contributed by atoms with Gasteiger partial charge in [-0.15, -0.1) is 0 Å². The average molecular weight is 362 g/mol. The van der Waals surface area contributed by atoms with Gasteiger partial charge in [-0.1, -0.05) is 26.2 Å². The zero-order valence-electron chi connectivity index (χ0n) is 16.1. The Bertz CT molecular complexity index is 676. The van der Waals surface area contributed by atoms with E-state index in [2.05, 4.69) is 13.2 Å². The Balaban J connectivity index is 2.08. The van der Waals surface area contributed by atoms with Crippen LogP contribution in [0.2, 0.25) is 0 Å². The summed E-state index contributed by atoms with van der Waals surface area (Å²) < 4.78 is 11.8. The second-order valence-corrected chi connectivity index (χ2v) is 8.57. The molecule has 0 aromatic heterocycles. The van der Waals surface area contributed by atoms with Gasteiger partial charge in [0.15, 0.2) is 0 Å². The molecule has 0 amide bonds. The summed E-state index contributed by atoms with van der Waals surface area (Å²) in [5, 5.41) is 22.0. The Kier molecular flexibility index (Phi) is 4.60. The van der Waals surface area contributed by atoms with Crippen LogP contribution in [0.1, 0.15) is 47.0 Å². The SMILES string of the molecule is C=C1O[C@@H]2C[C@@]3(C)[C@H](O)CC[C@@](C)(O)[C@@H]3[C@@H](OC(=O)C(C)=CC)[C@H]2C1=C. The number of hydrogen-bond acceptors (Lipinski definition) is 5. The van der Waals surface area contributed by atoms with Crippen LogP contribution in [0.15, 0.2) is 36.1 Å². The molecular weight excluding hydrogens is 332 g/mol. The van der Waals surface area contributed by atoms with E-state index in [0.717, 1.165) is 0 Å². The topological polar surface area (TPSA) is 76.0 Å². The van der Waals surface area contributed by atoms with Crippen LogP contribution in [0.3, 0.4) is 0 Å².